The first-order valence-electron chi connectivity index (χ1n) is 6.76. The summed E-state index contributed by atoms with van der Waals surface area (Å²) in [7, 11) is -4.80. The lowest BCUT2D eigenvalue weighted by Crippen LogP contribution is -2.40. The summed E-state index contributed by atoms with van der Waals surface area (Å²) >= 11 is 0. The van der Waals surface area contributed by atoms with Crippen LogP contribution in [0.25, 0.3) is 0 Å². The highest BCUT2D eigenvalue weighted by Crippen LogP contribution is 2.45. The predicted molar refractivity (Wildman–Crippen MR) is 81.4 cm³/mol. The van der Waals surface area contributed by atoms with Crippen molar-refractivity contribution in [3.8, 4) is 0 Å². The molecule has 1 N–H and O–H groups in total. The van der Waals surface area contributed by atoms with Crippen LogP contribution in [0.4, 0.5) is 0 Å². The molecule has 0 spiro atoms. The molecule has 0 bridgehead atoms. The van der Waals surface area contributed by atoms with Gasteiger partial charge in [0.2, 0.25) is 0 Å². The fourth-order valence-electron chi connectivity index (χ4n) is 2.98. The van der Waals surface area contributed by atoms with Crippen molar-refractivity contribution < 1.29 is 13.0 Å². The second kappa shape index (κ2) is 6.05. The van der Waals surface area contributed by atoms with Gasteiger partial charge in [0.25, 0.3) is 10.1 Å². The smallest absolute Gasteiger partial charge is 0.264 e. The Bertz CT molecular complexity index is 335. The topological polar surface area (TPSA) is 54.4 Å². The zero-order chi connectivity index (χ0) is 14.8. The molecule has 0 fully saturated rings. The van der Waals surface area contributed by atoms with Gasteiger partial charge in [-0.2, -0.15) is 8.42 Å². The van der Waals surface area contributed by atoms with Gasteiger partial charge in [0.15, 0.2) is 0 Å². The van der Waals surface area contributed by atoms with Crippen LogP contribution in [-0.2, 0) is 10.1 Å². The summed E-state index contributed by atoms with van der Waals surface area (Å²) in [6.07, 6.45) is 1.40. The molecule has 5 heteroatoms. The van der Waals surface area contributed by atoms with Crippen LogP contribution in [0.5, 0.6) is 0 Å². The molecular formula is C13H30O3SSi. The minimum atomic E-state index is -3.88. The molecule has 0 radical (unpaired) electrons. The van der Waals surface area contributed by atoms with Crippen LogP contribution in [0.3, 0.4) is 0 Å². The molecule has 0 aliphatic heterocycles. The van der Waals surface area contributed by atoms with Gasteiger partial charge < -0.3 is 0 Å². The largest absolute Gasteiger partial charge is 0.286 e. The molecule has 0 rings (SSSR count). The highest BCUT2D eigenvalue weighted by molar-refractivity contribution is 7.87. The molecule has 0 heterocycles. The fourth-order valence-corrected chi connectivity index (χ4v) is 7.65. The standard InChI is InChI=1S/C13H30O3SSi/c1-8-9-10(17(14,15)16)18-11(12(2,3)4)13(5,6)7/h10-11H,8-9,18H2,1-7H3,(H,14,15,16). The molecule has 0 amide bonds. The summed E-state index contributed by atoms with van der Waals surface area (Å²) in [5.41, 5.74) is 0.547. The van der Waals surface area contributed by atoms with Crippen LogP contribution in [0.2, 0.25) is 5.54 Å². The Balaban J connectivity index is 5.19. The van der Waals surface area contributed by atoms with Gasteiger partial charge in [-0.25, -0.2) is 0 Å². The van der Waals surface area contributed by atoms with Gasteiger partial charge in [0, 0.05) is 9.52 Å². The molecule has 0 saturated carbocycles. The van der Waals surface area contributed by atoms with Gasteiger partial charge in [-0.15, -0.1) is 0 Å². The lowest BCUT2D eigenvalue weighted by molar-refractivity contribution is 0.231. The summed E-state index contributed by atoms with van der Waals surface area (Å²) in [6.45, 7) is 15.0. The van der Waals surface area contributed by atoms with Crippen molar-refractivity contribution in [1.29, 1.82) is 0 Å². The summed E-state index contributed by atoms with van der Waals surface area (Å²) < 4.78 is 32.4. The van der Waals surface area contributed by atoms with Gasteiger partial charge in [-0.3, -0.25) is 4.55 Å². The lowest BCUT2D eigenvalue weighted by Gasteiger charge is -2.42. The van der Waals surface area contributed by atoms with E-state index in [1.807, 2.05) is 6.92 Å². The van der Waals surface area contributed by atoms with E-state index in [2.05, 4.69) is 41.5 Å². The molecule has 0 saturated heterocycles. The van der Waals surface area contributed by atoms with Crippen molar-refractivity contribution in [3.05, 3.63) is 0 Å². The van der Waals surface area contributed by atoms with E-state index in [0.29, 0.717) is 12.0 Å². The van der Waals surface area contributed by atoms with Crippen molar-refractivity contribution in [1.82, 2.24) is 0 Å². The van der Waals surface area contributed by atoms with E-state index < -0.39 is 24.5 Å². The fraction of sp³-hybridized carbons (Fsp3) is 1.00. The van der Waals surface area contributed by atoms with E-state index in [9.17, 15) is 13.0 Å². The molecule has 110 valence electrons. The van der Waals surface area contributed by atoms with Gasteiger partial charge in [-0.1, -0.05) is 54.9 Å². The Hall–Kier alpha value is 0.127. The van der Waals surface area contributed by atoms with Crippen LogP contribution in [-0.4, -0.2) is 27.4 Å². The van der Waals surface area contributed by atoms with Crippen molar-refractivity contribution in [2.24, 2.45) is 10.8 Å². The third kappa shape index (κ3) is 5.84. The van der Waals surface area contributed by atoms with Crippen molar-refractivity contribution >= 4 is 19.6 Å². The van der Waals surface area contributed by atoms with Gasteiger partial charge in [-0.05, 0) is 22.8 Å². The van der Waals surface area contributed by atoms with E-state index in [0.717, 1.165) is 6.42 Å². The highest BCUT2D eigenvalue weighted by Gasteiger charge is 2.39. The summed E-state index contributed by atoms with van der Waals surface area (Å²) in [5, 5.41) is 0. The zero-order valence-electron chi connectivity index (χ0n) is 12.9. The molecule has 0 aliphatic carbocycles. The molecule has 0 aromatic carbocycles. The maximum absolute atomic E-state index is 11.5. The van der Waals surface area contributed by atoms with Crippen molar-refractivity contribution in [2.75, 3.05) is 0 Å². The minimum absolute atomic E-state index is 0.0845. The normalized spacial score (nSPS) is 16.7. The third-order valence-electron chi connectivity index (χ3n) is 3.62. The van der Waals surface area contributed by atoms with Crippen LogP contribution in [0.1, 0.15) is 61.3 Å². The molecule has 0 aromatic rings. The molecule has 3 nitrogen and oxygen atoms in total. The van der Waals surface area contributed by atoms with Gasteiger partial charge in [0.05, 0.1) is 4.87 Å². The van der Waals surface area contributed by atoms with Crippen LogP contribution >= 0.6 is 0 Å². The average molecular weight is 295 g/mol. The van der Waals surface area contributed by atoms with E-state index >= 15 is 0 Å². The molecule has 1 unspecified atom stereocenters. The summed E-state index contributed by atoms with van der Waals surface area (Å²) in [6, 6.07) is 0. The Labute approximate surface area is 115 Å². The quantitative estimate of drug-likeness (QED) is 0.626. The second-order valence-corrected chi connectivity index (χ2v) is 12.0. The Morgan fingerprint density at radius 2 is 1.44 bits per heavy atom. The molecular weight excluding hydrogens is 264 g/mol. The second-order valence-electron chi connectivity index (χ2n) is 7.45. The molecule has 1 atom stereocenters. The number of rotatable bonds is 5. The van der Waals surface area contributed by atoms with Crippen LogP contribution < -0.4 is 0 Å². The molecule has 18 heavy (non-hydrogen) atoms. The first-order chi connectivity index (χ1) is 7.80. The minimum Gasteiger partial charge on any atom is -0.286 e. The summed E-state index contributed by atoms with van der Waals surface area (Å²) in [5.74, 6) is 0. The van der Waals surface area contributed by atoms with Crippen LogP contribution in [0.15, 0.2) is 0 Å². The van der Waals surface area contributed by atoms with E-state index in [1.54, 1.807) is 0 Å². The zero-order valence-corrected chi connectivity index (χ0v) is 15.2. The van der Waals surface area contributed by atoms with Crippen molar-refractivity contribution in [2.45, 2.75) is 71.7 Å². The van der Waals surface area contributed by atoms with Gasteiger partial charge >= 0.3 is 0 Å². The number of hydrogen-bond donors (Lipinski definition) is 1. The van der Waals surface area contributed by atoms with Crippen LogP contribution in [0, 0.1) is 10.8 Å². The Kier molecular flexibility index (Phi) is 6.10. The van der Waals surface area contributed by atoms with E-state index in [1.165, 1.54) is 0 Å². The Morgan fingerprint density at radius 3 is 1.67 bits per heavy atom. The number of hydrogen-bond acceptors (Lipinski definition) is 2. The first-order valence-corrected chi connectivity index (χ1v) is 9.90. The highest BCUT2D eigenvalue weighted by atomic mass is 32.2. The maximum Gasteiger partial charge on any atom is 0.264 e. The Morgan fingerprint density at radius 1 is 1.06 bits per heavy atom. The van der Waals surface area contributed by atoms with Crippen molar-refractivity contribution in [3.63, 3.8) is 0 Å². The average Bonchev–Trinajstić information content (AvgIpc) is 2.05. The first kappa shape index (κ1) is 18.1. The van der Waals surface area contributed by atoms with E-state index in [4.69, 9.17) is 0 Å². The SMILES string of the molecule is CCCC([SiH2]C(C(C)(C)C)C(C)(C)C)S(=O)(=O)O. The molecule has 0 aromatic heterocycles. The lowest BCUT2D eigenvalue weighted by atomic mass is 9.77. The predicted octanol–water partition coefficient (Wildman–Crippen LogP) is 3.05. The van der Waals surface area contributed by atoms with E-state index in [-0.39, 0.29) is 10.8 Å². The van der Waals surface area contributed by atoms with Gasteiger partial charge in [0.1, 0.15) is 0 Å². The maximum atomic E-state index is 11.5. The molecule has 0 aliphatic rings. The third-order valence-corrected chi connectivity index (χ3v) is 10.4. The summed E-state index contributed by atoms with van der Waals surface area (Å²) in [4.78, 5) is -0.494. The monoisotopic (exact) mass is 294 g/mol.